The zero-order chi connectivity index (χ0) is 12.3. The average Bonchev–Trinajstić information content (AvgIpc) is 2.23. The third kappa shape index (κ3) is 2.43. The lowest BCUT2D eigenvalue weighted by Crippen LogP contribution is -2.16. The number of aliphatic imine (C=N–C) groups is 1. The number of phenols is 1. The smallest absolute Gasteiger partial charge is 0.128 e. The molecule has 0 aliphatic rings. The fourth-order valence-corrected chi connectivity index (χ4v) is 1.75. The van der Waals surface area contributed by atoms with Crippen LogP contribution in [0.3, 0.4) is 0 Å². The van der Waals surface area contributed by atoms with E-state index < -0.39 is 0 Å². The lowest BCUT2D eigenvalue weighted by molar-refractivity contribution is 0.428. The Morgan fingerprint density at radius 2 is 2.00 bits per heavy atom. The van der Waals surface area contributed by atoms with Crippen LogP contribution in [0.1, 0.15) is 43.9 Å². The van der Waals surface area contributed by atoms with Crippen LogP contribution in [-0.4, -0.2) is 18.4 Å². The standard InChI is InChI=1S/C14H21NO/c1-6-14(3,4)12-8-10(2)7-11(9-15-5)13(12)16/h7-9,16H,6H2,1-5H3. The van der Waals surface area contributed by atoms with Gasteiger partial charge in [0.1, 0.15) is 5.75 Å². The van der Waals surface area contributed by atoms with E-state index >= 15 is 0 Å². The van der Waals surface area contributed by atoms with Crippen molar-refractivity contribution in [1.29, 1.82) is 0 Å². The zero-order valence-corrected chi connectivity index (χ0v) is 10.8. The van der Waals surface area contributed by atoms with Crippen LogP contribution in [-0.2, 0) is 5.41 Å². The summed E-state index contributed by atoms with van der Waals surface area (Å²) in [4.78, 5) is 3.97. The molecule has 0 aliphatic heterocycles. The Bertz CT molecular complexity index is 405. The van der Waals surface area contributed by atoms with E-state index in [2.05, 4.69) is 31.8 Å². The fourth-order valence-electron chi connectivity index (χ4n) is 1.75. The van der Waals surface area contributed by atoms with Crippen molar-refractivity contribution >= 4 is 6.21 Å². The Balaban J connectivity index is 3.40. The predicted molar refractivity (Wildman–Crippen MR) is 69.7 cm³/mol. The molecule has 1 aromatic carbocycles. The molecule has 88 valence electrons. The monoisotopic (exact) mass is 219 g/mol. The highest BCUT2D eigenvalue weighted by Gasteiger charge is 2.23. The normalized spacial score (nSPS) is 12.3. The Kier molecular flexibility index (Phi) is 3.74. The molecule has 1 rings (SSSR count). The quantitative estimate of drug-likeness (QED) is 0.776. The minimum Gasteiger partial charge on any atom is -0.507 e. The van der Waals surface area contributed by atoms with Crippen molar-refractivity contribution in [3.8, 4) is 5.75 Å². The zero-order valence-electron chi connectivity index (χ0n) is 10.8. The van der Waals surface area contributed by atoms with Crippen molar-refractivity contribution in [3.63, 3.8) is 0 Å². The Labute approximate surface area is 98.0 Å². The highest BCUT2D eigenvalue weighted by atomic mass is 16.3. The topological polar surface area (TPSA) is 32.6 Å². The van der Waals surface area contributed by atoms with Crippen molar-refractivity contribution in [3.05, 3.63) is 28.8 Å². The van der Waals surface area contributed by atoms with Crippen LogP contribution in [0.15, 0.2) is 17.1 Å². The van der Waals surface area contributed by atoms with Gasteiger partial charge in [0.25, 0.3) is 0 Å². The van der Waals surface area contributed by atoms with E-state index in [1.165, 1.54) is 0 Å². The molecule has 0 radical (unpaired) electrons. The van der Waals surface area contributed by atoms with E-state index in [4.69, 9.17) is 0 Å². The summed E-state index contributed by atoms with van der Waals surface area (Å²) in [5, 5.41) is 10.2. The van der Waals surface area contributed by atoms with E-state index in [9.17, 15) is 5.11 Å². The van der Waals surface area contributed by atoms with Crippen molar-refractivity contribution in [2.45, 2.75) is 39.5 Å². The van der Waals surface area contributed by atoms with E-state index in [1.807, 2.05) is 13.0 Å². The second-order valence-corrected chi connectivity index (χ2v) is 4.88. The van der Waals surface area contributed by atoms with Gasteiger partial charge in [-0.3, -0.25) is 4.99 Å². The molecule has 0 spiro atoms. The summed E-state index contributed by atoms with van der Waals surface area (Å²) in [6.07, 6.45) is 2.70. The largest absolute Gasteiger partial charge is 0.507 e. The van der Waals surface area contributed by atoms with Crippen LogP contribution in [0.5, 0.6) is 5.75 Å². The van der Waals surface area contributed by atoms with Crippen LogP contribution in [0, 0.1) is 6.92 Å². The van der Waals surface area contributed by atoms with Gasteiger partial charge in [-0.2, -0.15) is 0 Å². The molecular formula is C14H21NO. The molecule has 0 fully saturated rings. The summed E-state index contributed by atoms with van der Waals surface area (Å²) in [6.45, 7) is 8.47. The van der Waals surface area contributed by atoms with Gasteiger partial charge in [0.2, 0.25) is 0 Å². The van der Waals surface area contributed by atoms with Crippen molar-refractivity contribution in [2.24, 2.45) is 4.99 Å². The van der Waals surface area contributed by atoms with E-state index in [0.717, 1.165) is 23.1 Å². The number of aromatic hydroxyl groups is 1. The van der Waals surface area contributed by atoms with Gasteiger partial charge in [-0.15, -0.1) is 0 Å². The number of rotatable bonds is 3. The summed E-state index contributed by atoms with van der Waals surface area (Å²) in [7, 11) is 1.71. The molecule has 0 saturated heterocycles. The van der Waals surface area contributed by atoms with E-state index in [0.29, 0.717) is 5.75 Å². The number of aryl methyl sites for hydroxylation is 1. The second-order valence-electron chi connectivity index (χ2n) is 4.88. The van der Waals surface area contributed by atoms with Gasteiger partial charge in [-0.1, -0.05) is 26.8 Å². The maximum atomic E-state index is 10.2. The highest BCUT2D eigenvalue weighted by Crippen LogP contribution is 2.36. The third-order valence-corrected chi connectivity index (χ3v) is 3.16. The second kappa shape index (κ2) is 4.69. The van der Waals surface area contributed by atoms with Crippen LogP contribution < -0.4 is 0 Å². The maximum absolute atomic E-state index is 10.2. The number of hydrogen-bond acceptors (Lipinski definition) is 2. The molecule has 1 aromatic rings. The van der Waals surface area contributed by atoms with Gasteiger partial charge in [0.15, 0.2) is 0 Å². The van der Waals surface area contributed by atoms with Crippen molar-refractivity contribution in [1.82, 2.24) is 0 Å². The molecule has 0 unspecified atom stereocenters. The van der Waals surface area contributed by atoms with E-state index in [1.54, 1.807) is 13.3 Å². The SMILES string of the molecule is CCC(C)(C)c1cc(C)cc(C=NC)c1O. The highest BCUT2D eigenvalue weighted by molar-refractivity contribution is 5.84. The van der Waals surface area contributed by atoms with Gasteiger partial charge in [-0.05, 0) is 30.4 Å². The Morgan fingerprint density at radius 3 is 2.50 bits per heavy atom. The molecule has 0 atom stereocenters. The van der Waals surface area contributed by atoms with Crippen LogP contribution in [0.4, 0.5) is 0 Å². The minimum atomic E-state index is -0.00751. The molecule has 1 N–H and O–H groups in total. The first-order valence-corrected chi connectivity index (χ1v) is 5.68. The summed E-state index contributed by atoms with van der Waals surface area (Å²) in [5.74, 6) is 0.364. The molecule has 0 heterocycles. The molecule has 0 aromatic heterocycles. The van der Waals surface area contributed by atoms with Crippen molar-refractivity contribution in [2.75, 3.05) is 7.05 Å². The van der Waals surface area contributed by atoms with Gasteiger partial charge >= 0.3 is 0 Å². The summed E-state index contributed by atoms with van der Waals surface area (Å²) in [5.41, 5.74) is 2.96. The van der Waals surface area contributed by atoms with E-state index in [-0.39, 0.29) is 5.41 Å². The maximum Gasteiger partial charge on any atom is 0.128 e. The molecule has 16 heavy (non-hydrogen) atoms. The Hall–Kier alpha value is -1.31. The first-order chi connectivity index (χ1) is 7.42. The molecule has 2 nitrogen and oxygen atoms in total. The number of benzene rings is 1. The van der Waals surface area contributed by atoms with Crippen LogP contribution in [0.25, 0.3) is 0 Å². The summed E-state index contributed by atoms with van der Waals surface area (Å²) < 4.78 is 0. The number of phenolic OH excluding ortho intramolecular Hbond substituents is 1. The summed E-state index contributed by atoms with van der Waals surface area (Å²) >= 11 is 0. The third-order valence-electron chi connectivity index (χ3n) is 3.16. The molecule has 0 aliphatic carbocycles. The lowest BCUT2D eigenvalue weighted by atomic mass is 9.80. The molecule has 0 bridgehead atoms. The average molecular weight is 219 g/mol. The first kappa shape index (κ1) is 12.8. The van der Waals surface area contributed by atoms with Gasteiger partial charge in [0, 0.05) is 24.4 Å². The molecule has 2 heteroatoms. The minimum absolute atomic E-state index is 0.00751. The molecular weight excluding hydrogens is 198 g/mol. The van der Waals surface area contributed by atoms with Crippen molar-refractivity contribution < 1.29 is 5.11 Å². The number of nitrogens with zero attached hydrogens (tertiary/aromatic N) is 1. The fraction of sp³-hybridized carbons (Fsp3) is 0.500. The van der Waals surface area contributed by atoms with Crippen LogP contribution in [0.2, 0.25) is 0 Å². The number of hydrogen-bond donors (Lipinski definition) is 1. The van der Waals surface area contributed by atoms with Gasteiger partial charge in [-0.25, -0.2) is 0 Å². The summed E-state index contributed by atoms with van der Waals surface area (Å²) in [6, 6.07) is 4.02. The molecule has 0 saturated carbocycles. The molecule has 0 amide bonds. The lowest BCUT2D eigenvalue weighted by Gasteiger charge is -2.25. The van der Waals surface area contributed by atoms with Gasteiger partial charge < -0.3 is 5.11 Å². The Morgan fingerprint density at radius 1 is 1.38 bits per heavy atom. The first-order valence-electron chi connectivity index (χ1n) is 5.68. The van der Waals surface area contributed by atoms with Gasteiger partial charge in [0.05, 0.1) is 0 Å². The van der Waals surface area contributed by atoms with Crippen LogP contribution >= 0.6 is 0 Å². The predicted octanol–water partition coefficient (Wildman–Crippen LogP) is 3.44.